The first-order chi connectivity index (χ1) is 26.4. The van der Waals surface area contributed by atoms with Gasteiger partial charge in [-0.15, -0.1) is 0 Å². The molecule has 54 heavy (non-hydrogen) atoms. The lowest BCUT2D eigenvalue weighted by Gasteiger charge is -2.39. The van der Waals surface area contributed by atoms with Crippen LogP contribution in [0.1, 0.15) is 206 Å². The fourth-order valence-corrected chi connectivity index (χ4v) is 7.08. The molecule has 1 fully saturated rings. The highest BCUT2D eigenvalue weighted by molar-refractivity contribution is 5.69. The average Bonchev–Trinajstić information content (AvgIpc) is 3.17. The van der Waals surface area contributed by atoms with E-state index in [1.54, 1.807) is 0 Å². The molecule has 1 heterocycles. The highest BCUT2D eigenvalue weighted by atomic mass is 16.7. The molecule has 1 aliphatic rings. The Morgan fingerprint density at radius 1 is 0.574 bits per heavy atom. The van der Waals surface area contributed by atoms with Gasteiger partial charge in [0.2, 0.25) is 0 Å². The van der Waals surface area contributed by atoms with Crippen molar-refractivity contribution in [3.05, 3.63) is 12.2 Å². The van der Waals surface area contributed by atoms with Crippen molar-refractivity contribution in [3.8, 4) is 0 Å². The third-order valence-corrected chi connectivity index (χ3v) is 10.7. The number of unbranched alkanes of at least 4 members (excludes halogenated alkanes) is 26. The maximum Gasteiger partial charge on any atom is 0.306 e. The second kappa shape index (κ2) is 37.5. The number of allylic oxidation sites excluding steroid dienone is 2. The molecule has 0 amide bonds. The predicted molar refractivity (Wildman–Crippen MR) is 219 cm³/mol. The van der Waals surface area contributed by atoms with Crippen molar-refractivity contribution < 1.29 is 44.2 Å². The Kier molecular flexibility index (Phi) is 35.4. The largest absolute Gasteiger partial charge is 0.457 e. The smallest absolute Gasteiger partial charge is 0.306 e. The van der Waals surface area contributed by atoms with Crippen LogP contribution in [0.15, 0.2) is 12.2 Å². The van der Waals surface area contributed by atoms with Gasteiger partial charge in [0, 0.05) is 13.0 Å². The Labute approximate surface area is 331 Å². The molecule has 0 aliphatic carbocycles. The SMILES string of the molecule is CCCCCCCC/C=C\CCCCCCCCCCCC(=O)OC(COCCCCCCCCCCCCCC)COC1OC(CO)C(O)C(O)C1O. The third kappa shape index (κ3) is 28.3. The molecule has 1 saturated heterocycles. The topological polar surface area (TPSA) is 135 Å². The zero-order valence-electron chi connectivity index (χ0n) is 35.0. The molecular formula is C45H86O9. The van der Waals surface area contributed by atoms with Crippen LogP contribution in [0.3, 0.4) is 0 Å². The molecule has 0 bridgehead atoms. The van der Waals surface area contributed by atoms with E-state index in [-0.39, 0.29) is 19.2 Å². The average molecular weight is 771 g/mol. The van der Waals surface area contributed by atoms with E-state index in [0.717, 1.165) is 32.1 Å². The molecule has 9 heteroatoms. The third-order valence-electron chi connectivity index (χ3n) is 10.7. The molecule has 9 nitrogen and oxygen atoms in total. The number of hydrogen-bond acceptors (Lipinski definition) is 9. The minimum Gasteiger partial charge on any atom is -0.457 e. The van der Waals surface area contributed by atoms with E-state index < -0.39 is 43.4 Å². The molecule has 4 N–H and O–H groups in total. The monoisotopic (exact) mass is 771 g/mol. The summed E-state index contributed by atoms with van der Waals surface area (Å²) in [5.74, 6) is -0.313. The van der Waals surface area contributed by atoms with Crippen molar-refractivity contribution in [3.63, 3.8) is 0 Å². The molecule has 0 aromatic rings. The highest BCUT2D eigenvalue weighted by Crippen LogP contribution is 2.23. The molecule has 0 spiro atoms. The number of carbonyl (C=O) groups excluding carboxylic acids is 1. The number of esters is 1. The van der Waals surface area contributed by atoms with Crippen molar-refractivity contribution in [2.75, 3.05) is 26.4 Å². The van der Waals surface area contributed by atoms with E-state index in [2.05, 4.69) is 26.0 Å². The summed E-state index contributed by atoms with van der Waals surface area (Å²) in [5, 5.41) is 40.1. The van der Waals surface area contributed by atoms with Gasteiger partial charge in [0.25, 0.3) is 0 Å². The van der Waals surface area contributed by atoms with E-state index in [1.807, 2.05) is 0 Å². The fourth-order valence-electron chi connectivity index (χ4n) is 7.08. The molecular weight excluding hydrogens is 684 g/mol. The van der Waals surface area contributed by atoms with Gasteiger partial charge in [0.15, 0.2) is 6.29 Å². The Morgan fingerprint density at radius 3 is 1.50 bits per heavy atom. The van der Waals surface area contributed by atoms with Crippen LogP contribution in [0.25, 0.3) is 0 Å². The fraction of sp³-hybridized carbons (Fsp3) is 0.933. The van der Waals surface area contributed by atoms with Gasteiger partial charge >= 0.3 is 5.97 Å². The van der Waals surface area contributed by atoms with Crippen LogP contribution in [0.5, 0.6) is 0 Å². The van der Waals surface area contributed by atoms with Crippen molar-refractivity contribution in [1.29, 1.82) is 0 Å². The molecule has 1 rings (SSSR count). The number of rotatable bonds is 39. The maximum absolute atomic E-state index is 12.8. The second-order valence-corrected chi connectivity index (χ2v) is 15.9. The van der Waals surface area contributed by atoms with Gasteiger partial charge < -0.3 is 39.4 Å². The summed E-state index contributed by atoms with van der Waals surface area (Å²) in [6.45, 7) is 4.58. The number of carbonyl (C=O) groups is 1. The van der Waals surface area contributed by atoms with E-state index >= 15 is 0 Å². The van der Waals surface area contributed by atoms with Crippen LogP contribution in [-0.4, -0.2) is 89.6 Å². The van der Waals surface area contributed by atoms with Gasteiger partial charge in [0.1, 0.15) is 30.5 Å². The molecule has 320 valence electrons. The van der Waals surface area contributed by atoms with Crippen LogP contribution >= 0.6 is 0 Å². The van der Waals surface area contributed by atoms with Gasteiger partial charge in [-0.05, 0) is 38.5 Å². The van der Waals surface area contributed by atoms with E-state index in [9.17, 15) is 25.2 Å². The molecule has 1 aliphatic heterocycles. The van der Waals surface area contributed by atoms with Crippen molar-refractivity contribution in [1.82, 2.24) is 0 Å². The molecule has 0 radical (unpaired) electrons. The van der Waals surface area contributed by atoms with Gasteiger partial charge in [0.05, 0.1) is 19.8 Å². The Morgan fingerprint density at radius 2 is 1.02 bits per heavy atom. The van der Waals surface area contributed by atoms with E-state index in [0.29, 0.717) is 13.0 Å². The van der Waals surface area contributed by atoms with Gasteiger partial charge in [-0.25, -0.2) is 0 Å². The summed E-state index contributed by atoms with van der Waals surface area (Å²) < 4.78 is 22.8. The van der Waals surface area contributed by atoms with Crippen LogP contribution in [-0.2, 0) is 23.7 Å². The van der Waals surface area contributed by atoms with E-state index in [4.69, 9.17) is 18.9 Å². The number of hydrogen-bond donors (Lipinski definition) is 4. The predicted octanol–water partition coefficient (Wildman–Crippen LogP) is 10.0. The highest BCUT2D eigenvalue weighted by Gasteiger charge is 2.44. The Bertz CT molecular complexity index is 838. The van der Waals surface area contributed by atoms with Gasteiger partial charge in [-0.1, -0.05) is 174 Å². The Balaban J connectivity index is 2.23. The minimum absolute atomic E-state index is 0.109. The lowest BCUT2D eigenvalue weighted by molar-refractivity contribution is -0.305. The van der Waals surface area contributed by atoms with Crippen LogP contribution in [0.4, 0.5) is 0 Å². The molecule has 0 aromatic heterocycles. The summed E-state index contributed by atoms with van der Waals surface area (Å²) in [6.07, 6.45) is 33.8. The zero-order valence-corrected chi connectivity index (χ0v) is 35.0. The molecule has 0 saturated carbocycles. The summed E-state index contributed by atoms with van der Waals surface area (Å²) in [7, 11) is 0. The maximum atomic E-state index is 12.8. The standard InChI is InChI=1S/C45H86O9/c1-3-5-7-9-11-13-15-17-18-19-20-21-22-23-24-26-28-30-32-34-41(47)53-39(38-52-45-44(50)43(49)42(48)40(36-46)54-45)37-51-35-33-31-29-27-25-16-14-12-10-8-6-4-2/h17-18,39-40,42-46,48-50H,3-16,19-38H2,1-2H3/b18-17-. The first-order valence-corrected chi connectivity index (χ1v) is 22.8. The van der Waals surface area contributed by atoms with Gasteiger partial charge in [-0.2, -0.15) is 0 Å². The number of ether oxygens (including phenoxy) is 4. The number of aliphatic hydroxyl groups excluding tert-OH is 4. The van der Waals surface area contributed by atoms with Crippen molar-refractivity contribution >= 4 is 5.97 Å². The summed E-state index contributed by atoms with van der Waals surface area (Å²) >= 11 is 0. The normalized spacial score (nSPS) is 20.9. The van der Waals surface area contributed by atoms with Crippen LogP contribution < -0.4 is 0 Å². The molecule has 0 aromatic carbocycles. The molecule has 6 unspecified atom stereocenters. The van der Waals surface area contributed by atoms with Crippen LogP contribution in [0.2, 0.25) is 0 Å². The summed E-state index contributed by atoms with van der Waals surface area (Å²) in [6, 6.07) is 0. The zero-order chi connectivity index (χ0) is 39.3. The van der Waals surface area contributed by atoms with Crippen LogP contribution in [0, 0.1) is 0 Å². The van der Waals surface area contributed by atoms with Crippen molar-refractivity contribution in [2.45, 2.75) is 243 Å². The summed E-state index contributed by atoms with van der Waals surface area (Å²) in [4.78, 5) is 12.8. The quantitative estimate of drug-likeness (QED) is 0.0274. The first kappa shape index (κ1) is 50.9. The Hall–Kier alpha value is -1.07. The van der Waals surface area contributed by atoms with Gasteiger partial charge in [-0.3, -0.25) is 4.79 Å². The van der Waals surface area contributed by atoms with Crippen molar-refractivity contribution in [2.24, 2.45) is 0 Å². The number of aliphatic hydroxyl groups is 4. The lowest BCUT2D eigenvalue weighted by Crippen LogP contribution is -2.59. The minimum atomic E-state index is -1.53. The first-order valence-electron chi connectivity index (χ1n) is 22.8. The second-order valence-electron chi connectivity index (χ2n) is 15.9. The van der Waals surface area contributed by atoms with E-state index in [1.165, 1.54) is 154 Å². The molecule has 6 atom stereocenters. The summed E-state index contributed by atoms with van der Waals surface area (Å²) in [5.41, 5.74) is 0. The lowest BCUT2D eigenvalue weighted by atomic mass is 9.99.